The molecule has 1 aromatic heterocycles. The first-order valence-corrected chi connectivity index (χ1v) is 9.24. The zero-order valence-electron chi connectivity index (χ0n) is 16.4. The van der Waals surface area contributed by atoms with Gasteiger partial charge in [0.05, 0.1) is 21.9 Å². The molecule has 0 bridgehead atoms. The summed E-state index contributed by atoms with van der Waals surface area (Å²) in [5, 5.41) is 10.8. The lowest BCUT2D eigenvalue weighted by atomic mass is 10.0. The number of para-hydroxylation sites is 2. The molecular weight excluding hydrogens is 366 g/mol. The molecule has 0 saturated carbocycles. The summed E-state index contributed by atoms with van der Waals surface area (Å²) in [7, 11) is 1.97. The van der Waals surface area contributed by atoms with Gasteiger partial charge in [0.15, 0.2) is 0 Å². The number of carbonyl (C=O) groups is 2. The van der Waals surface area contributed by atoms with E-state index in [2.05, 4.69) is 4.57 Å². The molecule has 0 saturated heterocycles. The van der Waals surface area contributed by atoms with Crippen molar-refractivity contribution in [3.05, 3.63) is 82.9 Å². The van der Waals surface area contributed by atoms with Crippen LogP contribution in [0, 0.1) is 13.8 Å². The van der Waals surface area contributed by atoms with Gasteiger partial charge in [-0.2, -0.15) is 4.57 Å². The topological polar surface area (TPSA) is 67.5 Å². The van der Waals surface area contributed by atoms with Crippen molar-refractivity contribution in [2.45, 2.75) is 13.8 Å². The molecule has 0 aliphatic carbocycles. The summed E-state index contributed by atoms with van der Waals surface area (Å²) in [5.41, 5.74) is 3.72. The van der Waals surface area contributed by atoms with Crippen molar-refractivity contribution < 1.29 is 24.0 Å². The number of hydrogen-bond donors (Lipinski definition) is 1. The maximum Gasteiger partial charge on any atom is 0.345 e. The van der Waals surface area contributed by atoms with Gasteiger partial charge in [0.1, 0.15) is 12.8 Å². The van der Waals surface area contributed by atoms with Crippen LogP contribution in [0.2, 0.25) is 0 Å². The van der Waals surface area contributed by atoms with Crippen molar-refractivity contribution >= 4 is 33.7 Å². The Hall–Kier alpha value is -3.73. The Labute approximate surface area is 167 Å². The molecule has 0 amide bonds. The van der Waals surface area contributed by atoms with Crippen LogP contribution >= 0.6 is 0 Å². The van der Waals surface area contributed by atoms with E-state index in [1.165, 1.54) is 12.1 Å². The number of rotatable bonds is 3. The molecule has 0 aliphatic rings. The van der Waals surface area contributed by atoms with Crippen LogP contribution in [-0.2, 0) is 7.05 Å². The number of carbonyl (C=O) groups excluding carboxylic acids is 1. The largest absolute Gasteiger partial charge is 0.478 e. The van der Waals surface area contributed by atoms with E-state index < -0.39 is 11.9 Å². The summed E-state index contributed by atoms with van der Waals surface area (Å²) < 4.78 is 7.87. The van der Waals surface area contributed by atoms with Crippen LogP contribution in [0.5, 0.6) is 5.75 Å². The molecule has 4 aromatic rings. The van der Waals surface area contributed by atoms with Gasteiger partial charge >= 0.3 is 11.9 Å². The molecule has 0 unspecified atom stereocenters. The number of fused-ring (bicyclic) bond motifs is 2. The molecule has 0 spiro atoms. The van der Waals surface area contributed by atoms with Crippen molar-refractivity contribution in [2.75, 3.05) is 0 Å². The molecule has 4 rings (SSSR count). The van der Waals surface area contributed by atoms with Gasteiger partial charge in [0.2, 0.25) is 11.0 Å². The van der Waals surface area contributed by atoms with Gasteiger partial charge in [-0.3, -0.25) is 0 Å². The maximum atomic E-state index is 13.3. The second-order valence-electron chi connectivity index (χ2n) is 7.10. The molecule has 1 N–H and O–H groups in total. The van der Waals surface area contributed by atoms with Gasteiger partial charge in [0, 0.05) is 12.1 Å². The molecule has 0 aliphatic heterocycles. The number of carboxylic acid groups (broad SMARTS) is 1. The lowest BCUT2D eigenvalue weighted by Gasteiger charge is -2.13. The van der Waals surface area contributed by atoms with Crippen LogP contribution in [0.1, 0.15) is 31.8 Å². The molecule has 5 nitrogen and oxygen atoms in total. The van der Waals surface area contributed by atoms with Crippen molar-refractivity contribution in [1.29, 1.82) is 0 Å². The Bertz CT molecular complexity index is 1230. The number of hydrogen-bond acceptors (Lipinski definition) is 3. The Morgan fingerprint density at radius 1 is 0.862 bits per heavy atom. The average Bonchev–Trinajstić information content (AvgIpc) is 2.71. The summed E-state index contributed by atoms with van der Waals surface area (Å²) in [4.78, 5) is 24.6. The number of aromatic nitrogens is 1. The highest BCUT2D eigenvalue weighted by Crippen LogP contribution is 2.29. The van der Waals surface area contributed by atoms with Crippen molar-refractivity contribution in [1.82, 2.24) is 0 Å². The summed E-state index contributed by atoms with van der Waals surface area (Å²) in [6.07, 6.45) is 0. The number of ether oxygens (including phenoxy) is 1. The summed E-state index contributed by atoms with van der Waals surface area (Å²) in [6.45, 7) is 3.48. The first kappa shape index (κ1) is 18.6. The predicted molar refractivity (Wildman–Crippen MR) is 110 cm³/mol. The number of aryl methyl sites for hydroxylation is 3. The fourth-order valence-electron chi connectivity index (χ4n) is 3.83. The normalized spacial score (nSPS) is 11.0. The highest BCUT2D eigenvalue weighted by atomic mass is 16.5. The second kappa shape index (κ2) is 7.02. The van der Waals surface area contributed by atoms with E-state index in [4.69, 9.17) is 4.74 Å². The molecule has 144 valence electrons. The third-order valence-corrected chi connectivity index (χ3v) is 5.18. The van der Waals surface area contributed by atoms with Crippen LogP contribution in [0.3, 0.4) is 0 Å². The van der Waals surface area contributed by atoms with Crippen LogP contribution in [0.25, 0.3) is 21.8 Å². The number of aromatic carboxylic acids is 1. The third-order valence-electron chi connectivity index (χ3n) is 5.18. The smallest absolute Gasteiger partial charge is 0.345 e. The lowest BCUT2D eigenvalue weighted by molar-refractivity contribution is -0.617. The minimum atomic E-state index is -1.01. The van der Waals surface area contributed by atoms with Gasteiger partial charge in [-0.25, -0.2) is 9.59 Å². The standard InChI is InChI=1S/C24H19NO4/c1-14-12-16(23(26)27)13-15(2)22(14)29-24(28)21-17-8-4-6-10-19(17)25(3)20-11-7-5-9-18(20)21/h4-13H,1-3H3/p+1. The Balaban J connectivity index is 1.90. The summed E-state index contributed by atoms with van der Waals surface area (Å²) in [5.74, 6) is -1.09. The summed E-state index contributed by atoms with van der Waals surface area (Å²) >= 11 is 0. The lowest BCUT2D eigenvalue weighted by Crippen LogP contribution is -2.31. The molecule has 3 aromatic carbocycles. The van der Waals surface area contributed by atoms with E-state index in [-0.39, 0.29) is 5.56 Å². The van der Waals surface area contributed by atoms with E-state index >= 15 is 0 Å². The molecule has 0 fully saturated rings. The first-order chi connectivity index (χ1) is 13.9. The van der Waals surface area contributed by atoms with E-state index in [1.807, 2.05) is 55.6 Å². The second-order valence-corrected chi connectivity index (χ2v) is 7.10. The van der Waals surface area contributed by atoms with Crippen LogP contribution in [0.15, 0.2) is 60.7 Å². The van der Waals surface area contributed by atoms with Crippen molar-refractivity contribution in [3.8, 4) is 5.75 Å². The predicted octanol–water partition coefficient (Wildman–Crippen LogP) is 4.35. The van der Waals surface area contributed by atoms with Gasteiger partial charge in [0.25, 0.3) is 0 Å². The fraction of sp³-hybridized carbons (Fsp3) is 0.125. The van der Waals surface area contributed by atoms with E-state index in [9.17, 15) is 14.7 Å². The van der Waals surface area contributed by atoms with Gasteiger partial charge in [-0.1, -0.05) is 24.3 Å². The van der Waals surface area contributed by atoms with E-state index in [0.29, 0.717) is 22.4 Å². The highest BCUT2D eigenvalue weighted by molar-refractivity contribution is 6.13. The molecule has 0 radical (unpaired) electrons. The Morgan fingerprint density at radius 3 is 1.83 bits per heavy atom. The average molecular weight is 386 g/mol. The van der Waals surface area contributed by atoms with Crippen LogP contribution in [0.4, 0.5) is 0 Å². The van der Waals surface area contributed by atoms with E-state index in [0.717, 1.165) is 21.8 Å². The van der Waals surface area contributed by atoms with Gasteiger partial charge in [-0.05, 0) is 49.2 Å². The number of benzene rings is 3. The van der Waals surface area contributed by atoms with Crippen molar-refractivity contribution in [3.63, 3.8) is 0 Å². The summed E-state index contributed by atoms with van der Waals surface area (Å²) in [6, 6.07) is 18.4. The number of pyridine rings is 1. The maximum absolute atomic E-state index is 13.3. The zero-order valence-corrected chi connectivity index (χ0v) is 16.4. The number of nitrogens with zero attached hydrogens (tertiary/aromatic N) is 1. The molecule has 5 heteroatoms. The zero-order chi connectivity index (χ0) is 20.7. The molecule has 29 heavy (non-hydrogen) atoms. The van der Waals surface area contributed by atoms with Crippen LogP contribution in [-0.4, -0.2) is 17.0 Å². The SMILES string of the molecule is Cc1cc(C(=O)O)cc(C)c1OC(=O)c1c2ccccc2[n+](C)c2ccccc12. The molecule has 0 atom stereocenters. The van der Waals surface area contributed by atoms with Gasteiger partial charge < -0.3 is 9.84 Å². The van der Waals surface area contributed by atoms with Gasteiger partial charge in [-0.15, -0.1) is 0 Å². The number of carboxylic acids is 1. The molecule has 1 heterocycles. The van der Waals surface area contributed by atoms with E-state index in [1.54, 1.807) is 13.8 Å². The van der Waals surface area contributed by atoms with Crippen molar-refractivity contribution in [2.24, 2.45) is 7.05 Å². The molecular formula is C24H20NO4+. The highest BCUT2D eigenvalue weighted by Gasteiger charge is 2.24. The Morgan fingerprint density at radius 2 is 1.34 bits per heavy atom. The first-order valence-electron chi connectivity index (χ1n) is 9.24. The fourth-order valence-corrected chi connectivity index (χ4v) is 3.83. The minimum absolute atomic E-state index is 0.169. The Kier molecular flexibility index (Phi) is 4.51. The van der Waals surface area contributed by atoms with Crippen LogP contribution < -0.4 is 9.30 Å². The minimum Gasteiger partial charge on any atom is -0.478 e. The monoisotopic (exact) mass is 386 g/mol. The number of esters is 1. The third kappa shape index (κ3) is 3.10. The quantitative estimate of drug-likeness (QED) is 0.246.